The summed E-state index contributed by atoms with van der Waals surface area (Å²) in [6.45, 7) is 3.42. The van der Waals surface area contributed by atoms with E-state index in [-0.39, 0.29) is 13.1 Å². The second kappa shape index (κ2) is 7.86. The number of nitrogens with zero attached hydrogens (tertiary/aromatic N) is 1. The summed E-state index contributed by atoms with van der Waals surface area (Å²) in [5.41, 5.74) is 0. The van der Waals surface area contributed by atoms with Gasteiger partial charge in [-0.3, -0.25) is 0 Å². The summed E-state index contributed by atoms with van der Waals surface area (Å²) in [7, 11) is 1.58. The predicted octanol–water partition coefficient (Wildman–Crippen LogP) is 1.23. The van der Waals surface area contributed by atoms with Crippen LogP contribution in [0.3, 0.4) is 0 Å². The summed E-state index contributed by atoms with van der Waals surface area (Å²) >= 11 is 0. The molecule has 0 heterocycles. The Hall–Kier alpha value is -0.330. The van der Waals surface area contributed by atoms with Crippen LogP contribution in [-0.2, 0) is 0 Å². The summed E-state index contributed by atoms with van der Waals surface area (Å²) in [6.07, 6.45) is -4.61. The highest BCUT2D eigenvalue weighted by atomic mass is 19.4. The van der Waals surface area contributed by atoms with Gasteiger partial charge in [-0.1, -0.05) is 6.92 Å². The molecule has 0 aromatic carbocycles. The zero-order valence-corrected chi connectivity index (χ0v) is 9.85. The number of alkyl halides is 3. The van der Waals surface area contributed by atoms with E-state index >= 15 is 0 Å². The van der Waals surface area contributed by atoms with E-state index in [0.717, 1.165) is 13.0 Å². The first kappa shape index (κ1) is 15.7. The van der Waals surface area contributed by atoms with Gasteiger partial charge in [0.1, 0.15) is 0 Å². The third kappa shape index (κ3) is 10.2. The Kier molecular flexibility index (Phi) is 7.70. The van der Waals surface area contributed by atoms with Crippen LogP contribution in [0.15, 0.2) is 0 Å². The van der Waals surface area contributed by atoms with Crippen molar-refractivity contribution in [3.63, 3.8) is 0 Å². The molecule has 0 amide bonds. The molecule has 0 rings (SSSR count). The fourth-order valence-corrected chi connectivity index (χ4v) is 1.28. The lowest BCUT2D eigenvalue weighted by molar-refractivity contribution is -0.137. The van der Waals surface area contributed by atoms with Gasteiger partial charge >= 0.3 is 6.18 Å². The lowest BCUT2D eigenvalue weighted by Gasteiger charge is -2.21. The van der Waals surface area contributed by atoms with Crippen LogP contribution in [0.25, 0.3) is 0 Å². The topological polar surface area (TPSA) is 35.5 Å². The molecule has 0 aliphatic rings. The zero-order valence-electron chi connectivity index (χ0n) is 9.85. The van der Waals surface area contributed by atoms with E-state index in [4.69, 9.17) is 0 Å². The van der Waals surface area contributed by atoms with E-state index in [0.29, 0.717) is 6.54 Å². The summed E-state index contributed by atoms with van der Waals surface area (Å²) in [6, 6.07) is 0. The maximum atomic E-state index is 11.9. The molecule has 98 valence electrons. The number of aliphatic hydroxyl groups is 1. The van der Waals surface area contributed by atoms with Crippen LogP contribution in [0.2, 0.25) is 0 Å². The van der Waals surface area contributed by atoms with E-state index in [1.807, 2.05) is 6.92 Å². The lowest BCUT2D eigenvalue weighted by Crippen LogP contribution is -2.38. The average Bonchev–Trinajstić information content (AvgIpc) is 2.14. The van der Waals surface area contributed by atoms with Crippen LogP contribution in [-0.4, -0.2) is 55.5 Å². The van der Waals surface area contributed by atoms with E-state index in [2.05, 4.69) is 5.32 Å². The van der Waals surface area contributed by atoms with Crippen LogP contribution in [0.4, 0.5) is 13.2 Å². The molecule has 6 heteroatoms. The first-order chi connectivity index (χ1) is 7.35. The van der Waals surface area contributed by atoms with Gasteiger partial charge in [0.05, 0.1) is 12.5 Å². The molecular formula is C10H21F3N2O. The summed E-state index contributed by atoms with van der Waals surface area (Å²) in [4.78, 5) is 1.49. The maximum absolute atomic E-state index is 11.9. The van der Waals surface area contributed by atoms with Gasteiger partial charge in [-0.15, -0.1) is 0 Å². The fourth-order valence-electron chi connectivity index (χ4n) is 1.28. The van der Waals surface area contributed by atoms with Gasteiger partial charge in [-0.25, -0.2) is 0 Å². The highest BCUT2D eigenvalue weighted by Crippen LogP contribution is 2.19. The third-order valence-corrected chi connectivity index (χ3v) is 2.11. The summed E-state index contributed by atoms with van der Waals surface area (Å²) in [5, 5.41) is 12.5. The molecule has 0 aromatic heterocycles. The van der Waals surface area contributed by atoms with Crippen molar-refractivity contribution in [1.82, 2.24) is 10.2 Å². The Morgan fingerprint density at radius 1 is 1.38 bits per heavy atom. The van der Waals surface area contributed by atoms with Crippen molar-refractivity contribution < 1.29 is 18.3 Å². The second-order valence-electron chi connectivity index (χ2n) is 3.99. The van der Waals surface area contributed by atoms with Gasteiger partial charge in [-0.05, 0) is 20.0 Å². The molecule has 1 atom stereocenters. The van der Waals surface area contributed by atoms with E-state index in [1.165, 1.54) is 4.90 Å². The first-order valence-corrected chi connectivity index (χ1v) is 5.49. The number of aliphatic hydroxyl groups excluding tert-OH is 1. The SMILES string of the molecule is CCCNCC(O)CN(C)CCC(F)(F)F. The Morgan fingerprint density at radius 3 is 2.50 bits per heavy atom. The van der Waals surface area contributed by atoms with Crippen LogP contribution in [0.5, 0.6) is 0 Å². The van der Waals surface area contributed by atoms with Crippen molar-refractivity contribution in [2.24, 2.45) is 0 Å². The highest BCUT2D eigenvalue weighted by molar-refractivity contribution is 4.65. The van der Waals surface area contributed by atoms with Crippen molar-refractivity contribution in [1.29, 1.82) is 0 Å². The van der Waals surface area contributed by atoms with Crippen molar-refractivity contribution in [2.75, 3.05) is 33.2 Å². The quantitative estimate of drug-likeness (QED) is 0.628. The van der Waals surface area contributed by atoms with Gasteiger partial charge in [0, 0.05) is 19.6 Å². The van der Waals surface area contributed by atoms with Crippen LogP contribution in [0, 0.1) is 0 Å². The van der Waals surface area contributed by atoms with Gasteiger partial charge in [0.2, 0.25) is 0 Å². The zero-order chi connectivity index (χ0) is 12.6. The standard InChI is InChI=1S/C10H21F3N2O/c1-3-5-14-7-9(16)8-15(2)6-4-10(11,12)13/h9,14,16H,3-8H2,1-2H3. The molecule has 2 N–H and O–H groups in total. The molecule has 0 aliphatic heterocycles. The minimum absolute atomic E-state index is 0.0751. The Balaban J connectivity index is 3.57. The molecule has 0 aromatic rings. The van der Waals surface area contributed by atoms with Gasteiger partial charge < -0.3 is 15.3 Å². The molecule has 0 bridgehead atoms. The minimum Gasteiger partial charge on any atom is -0.390 e. The third-order valence-electron chi connectivity index (χ3n) is 2.11. The van der Waals surface area contributed by atoms with Gasteiger partial charge in [0.25, 0.3) is 0 Å². The molecular weight excluding hydrogens is 221 g/mol. The maximum Gasteiger partial charge on any atom is 0.390 e. The molecule has 0 saturated carbocycles. The van der Waals surface area contributed by atoms with Crippen molar-refractivity contribution in [3.8, 4) is 0 Å². The minimum atomic E-state index is -4.13. The van der Waals surface area contributed by atoms with Crippen LogP contribution < -0.4 is 5.32 Å². The number of likely N-dealkylation sites (N-methyl/N-ethyl adjacent to an activating group) is 1. The van der Waals surface area contributed by atoms with E-state index in [1.54, 1.807) is 7.05 Å². The smallest absolute Gasteiger partial charge is 0.390 e. The van der Waals surface area contributed by atoms with Crippen molar-refractivity contribution >= 4 is 0 Å². The molecule has 0 radical (unpaired) electrons. The Labute approximate surface area is 94.6 Å². The molecule has 16 heavy (non-hydrogen) atoms. The molecule has 3 nitrogen and oxygen atoms in total. The van der Waals surface area contributed by atoms with Gasteiger partial charge in [-0.2, -0.15) is 13.2 Å². The highest BCUT2D eigenvalue weighted by Gasteiger charge is 2.27. The Bertz CT molecular complexity index is 176. The second-order valence-corrected chi connectivity index (χ2v) is 3.99. The number of rotatable bonds is 8. The molecule has 0 spiro atoms. The number of nitrogens with one attached hydrogen (secondary N) is 1. The van der Waals surface area contributed by atoms with Crippen molar-refractivity contribution in [3.05, 3.63) is 0 Å². The number of hydrogen-bond donors (Lipinski definition) is 2. The summed E-state index contributed by atoms with van der Waals surface area (Å²) in [5.74, 6) is 0. The lowest BCUT2D eigenvalue weighted by atomic mass is 10.3. The average molecular weight is 242 g/mol. The number of hydrogen-bond acceptors (Lipinski definition) is 3. The fraction of sp³-hybridized carbons (Fsp3) is 1.00. The predicted molar refractivity (Wildman–Crippen MR) is 57.3 cm³/mol. The molecule has 0 saturated heterocycles. The van der Waals surface area contributed by atoms with E-state index in [9.17, 15) is 18.3 Å². The van der Waals surface area contributed by atoms with Crippen molar-refractivity contribution in [2.45, 2.75) is 32.0 Å². The van der Waals surface area contributed by atoms with E-state index < -0.39 is 18.7 Å². The first-order valence-electron chi connectivity index (χ1n) is 5.49. The molecule has 0 fully saturated rings. The molecule has 1 unspecified atom stereocenters. The van der Waals surface area contributed by atoms with Crippen LogP contribution >= 0.6 is 0 Å². The monoisotopic (exact) mass is 242 g/mol. The van der Waals surface area contributed by atoms with Crippen LogP contribution in [0.1, 0.15) is 19.8 Å². The summed E-state index contributed by atoms with van der Waals surface area (Å²) < 4.78 is 35.7. The number of halogens is 3. The largest absolute Gasteiger partial charge is 0.390 e. The Morgan fingerprint density at radius 2 is 2.00 bits per heavy atom. The van der Waals surface area contributed by atoms with Gasteiger partial charge in [0.15, 0.2) is 0 Å². The normalized spacial score (nSPS) is 14.4. The molecule has 0 aliphatic carbocycles.